The first kappa shape index (κ1) is 17.4. The van der Waals surface area contributed by atoms with Gasteiger partial charge in [0.25, 0.3) is 0 Å². The van der Waals surface area contributed by atoms with Gasteiger partial charge in [-0.2, -0.15) is 0 Å². The van der Waals surface area contributed by atoms with E-state index < -0.39 is 0 Å². The van der Waals surface area contributed by atoms with Gasteiger partial charge in [-0.05, 0) is 63.5 Å². The smallest absolute Gasteiger partial charge is 0.142 e. The second-order valence-corrected chi connectivity index (χ2v) is 6.37. The maximum absolute atomic E-state index is 6.07. The average Bonchev–Trinajstić information content (AvgIpc) is 2.50. The fourth-order valence-electron chi connectivity index (χ4n) is 2.64. The molecule has 0 unspecified atom stereocenters. The zero-order valence-electron chi connectivity index (χ0n) is 14.5. The van der Waals surface area contributed by atoms with E-state index in [1.54, 1.807) is 0 Å². The van der Waals surface area contributed by atoms with E-state index in [0.717, 1.165) is 37.4 Å². The topological polar surface area (TPSA) is 38.5 Å². The van der Waals surface area contributed by atoms with Gasteiger partial charge in [-0.1, -0.05) is 36.4 Å². The van der Waals surface area contributed by atoms with Gasteiger partial charge >= 0.3 is 0 Å². The largest absolute Gasteiger partial charge is 0.489 e. The Hall–Kier alpha value is -2.00. The van der Waals surface area contributed by atoms with E-state index in [-0.39, 0.29) is 6.10 Å². The first-order valence-corrected chi connectivity index (χ1v) is 8.32. The lowest BCUT2D eigenvalue weighted by molar-refractivity contribution is 0.244. The highest BCUT2D eigenvalue weighted by atomic mass is 16.5. The van der Waals surface area contributed by atoms with Crippen LogP contribution in [0.3, 0.4) is 0 Å². The van der Waals surface area contributed by atoms with Crippen molar-refractivity contribution >= 4 is 5.69 Å². The zero-order chi connectivity index (χ0) is 16.7. The summed E-state index contributed by atoms with van der Waals surface area (Å²) in [4.78, 5) is 2.36. The monoisotopic (exact) mass is 312 g/mol. The molecule has 0 radical (unpaired) electrons. The third-order valence-corrected chi connectivity index (χ3v) is 3.74. The molecule has 0 bridgehead atoms. The fraction of sp³-hybridized carbons (Fsp3) is 0.400. The van der Waals surface area contributed by atoms with Crippen LogP contribution in [0.5, 0.6) is 5.75 Å². The molecule has 0 saturated heterocycles. The maximum atomic E-state index is 6.07. The molecule has 124 valence electrons. The summed E-state index contributed by atoms with van der Waals surface area (Å²) in [5.74, 6) is 0.782. The molecule has 2 aromatic carbocycles. The second kappa shape index (κ2) is 8.59. The highest BCUT2D eigenvalue weighted by molar-refractivity contribution is 5.54. The normalized spacial score (nSPS) is 11.2. The summed E-state index contributed by atoms with van der Waals surface area (Å²) < 4.78 is 5.68. The summed E-state index contributed by atoms with van der Waals surface area (Å²) in [7, 11) is 2.17. The van der Waals surface area contributed by atoms with E-state index in [1.165, 1.54) is 11.1 Å². The third-order valence-electron chi connectivity index (χ3n) is 3.74. The number of nitrogen functional groups attached to an aromatic ring is 1. The van der Waals surface area contributed by atoms with Crippen LogP contribution in [0, 0.1) is 0 Å². The molecule has 0 aliphatic carbocycles. The lowest BCUT2D eigenvalue weighted by Gasteiger charge is -2.17. The van der Waals surface area contributed by atoms with E-state index in [0.29, 0.717) is 0 Å². The van der Waals surface area contributed by atoms with Crippen molar-refractivity contribution in [2.45, 2.75) is 39.3 Å². The van der Waals surface area contributed by atoms with Gasteiger partial charge in [-0.3, -0.25) is 0 Å². The van der Waals surface area contributed by atoms with Crippen molar-refractivity contribution in [3.8, 4) is 5.75 Å². The number of benzene rings is 2. The molecule has 0 atom stereocenters. The highest BCUT2D eigenvalue weighted by Gasteiger charge is 2.05. The van der Waals surface area contributed by atoms with Crippen LogP contribution in [0.2, 0.25) is 0 Å². The van der Waals surface area contributed by atoms with Gasteiger partial charge in [0, 0.05) is 6.54 Å². The van der Waals surface area contributed by atoms with Crippen LogP contribution >= 0.6 is 0 Å². The number of nitrogens with two attached hydrogens (primary N) is 1. The molecule has 2 aromatic rings. The van der Waals surface area contributed by atoms with E-state index in [2.05, 4.69) is 48.3 Å². The SMILES string of the molecule is CC(C)Oc1ccc(CCCN(C)Cc2ccccc2)cc1N. The minimum Gasteiger partial charge on any atom is -0.489 e. The second-order valence-electron chi connectivity index (χ2n) is 6.37. The molecular formula is C20H28N2O. The van der Waals surface area contributed by atoms with E-state index in [9.17, 15) is 0 Å². The van der Waals surface area contributed by atoms with E-state index in [1.807, 2.05) is 26.0 Å². The Morgan fingerprint density at radius 2 is 1.78 bits per heavy atom. The standard InChI is InChI=1S/C20H28N2O/c1-16(2)23-20-12-11-17(14-19(20)21)10-7-13-22(3)15-18-8-5-4-6-9-18/h4-6,8-9,11-12,14,16H,7,10,13,15,21H2,1-3H3. The first-order chi connectivity index (χ1) is 11.0. The molecule has 0 aromatic heterocycles. The molecule has 0 spiro atoms. The minimum absolute atomic E-state index is 0.148. The Balaban J connectivity index is 1.78. The summed E-state index contributed by atoms with van der Waals surface area (Å²) in [5.41, 5.74) is 9.42. The molecule has 0 amide bonds. The molecule has 2 N–H and O–H groups in total. The van der Waals surface area contributed by atoms with E-state index in [4.69, 9.17) is 10.5 Å². The van der Waals surface area contributed by atoms with Gasteiger partial charge in [0.2, 0.25) is 0 Å². The van der Waals surface area contributed by atoms with Gasteiger partial charge in [0.05, 0.1) is 11.8 Å². The van der Waals surface area contributed by atoms with Crippen LogP contribution < -0.4 is 10.5 Å². The Kier molecular flexibility index (Phi) is 6.48. The molecule has 0 saturated carbocycles. The number of hydrogen-bond donors (Lipinski definition) is 1. The molecule has 2 rings (SSSR count). The summed E-state index contributed by atoms with van der Waals surface area (Å²) in [6.45, 7) is 6.08. The fourth-order valence-corrected chi connectivity index (χ4v) is 2.64. The summed E-state index contributed by atoms with van der Waals surface area (Å²) in [6, 6.07) is 16.7. The number of anilines is 1. The summed E-state index contributed by atoms with van der Waals surface area (Å²) in [5, 5.41) is 0. The van der Waals surface area contributed by atoms with Crippen LogP contribution in [0.1, 0.15) is 31.4 Å². The third kappa shape index (κ3) is 5.95. The average molecular weight is 312 g/mol. The van der Waals surface area contributed by atoms with Crippen molar-refractivity contribution in [3.05, 3.63) is 59.7 Å². The Labute approximate surface area is 140 Å². The molecule has 3 heteroatoms. The lowest BCUT2D eigenvalue weighted by Crippen LogP contribution is -2.19. The Bertz CT molecular complexity index is 596. The molecule has 3 nitrogen and oxygen atoms in total. The van der Waals surface area contributed by atoms with Gasteiger partial charge in [0.1, 0.15) is 5.75 Å². The number of rotatable bonds is 8. The molecular weight excluding hydrogens is 284 g/mol. The van der Waals surface area contributed by atoms with Crippen molar-refractivity contribution < 1.29 is 4.74 Å². The summed E-state index contributed by atoms with van der Waals surface area (Å²) >= 11 is 0. The zero-order valence-corrected chi connectivity index (χ0v) is 14.5. The van der Waals surface area contributed by atoms with Crippen molar-refractivity contribution in [3.63, 3.8) is 0 Å². The van der Waals surface area contributed by atoms with E-state index >= 15 is 0 Å². The molecule has 23 heavy (non-hydrogen) atoms. The summed E-state index contributed by atoms with van der Waals surface area (Å²) in [6.07, 6.45) is 2.30. The van der Waals surface area contributed by atoms with Crippen LogP contribution in [0.25, 0.3) is 0 Å². The highest BCUT2D eigenvalue weighted by Crippen LogP contribution is 2.24. The van der Waals surface area contributed by atoms with Crippen LogP contribution in [0.15, 0.2) is 48.5 Å². The predicted molar refractivity (Wildman–Crippen MR) is 97.7 cm³/mol. The first-order valence-electron chi connectivity index (χ1n) is 8.32. The lowest BCUT2D eigenvalue weighted by atomic mass is 10.1. The number of hydrogen-bond acceptors (Lipinski definition) is 3. The van der Waals surface area contributed by atoms with Gasteiger partial charge in [-0.15, -0.1) is 0 Å². The van der Waals surface area contributed by atoms with Crippen LogP contribution in [-0.2, 0) is 13.0 Å². The van der Waals surface area contributed by atoms with Crippen molar-refractivity contribution in [2.24, 2.45) is 0 Å². The molecule has 0 aliphatic rings. The van der Waals surface area contributed by atoms with Crippen molar-refractivity contribution in [1.82, 2.24) is 4.90 Å². The number of ether oxygens (including phenoxy) is 1. The minimum atomic E-state index is 0.148. The molecule has 0 aliphatic heterocycles. The molecule has 0 fully saturated rings. The van der Waals surface area contributed by atoms with Crippen LogP contribution in [-0.4, -0.2) is 24.6 Å². The maximum Gasteiger partial charge on any atom is 0.142 e. The van der Waals surface area contributed by atoms with Gasteiger partial charge < -0.3 is 15.4 Å². The molecule has 0 heterocycles. The van der Waals surface area contributed by atoms with Crippen molar-refractivity contribution in [1.29, 1.82) is 0 Å². The van der Waals surface area contributed by atoms with Gasteiger partial charge in [0.15, 0.2) is 0 Å². The van der Waals surface area contributed by atoms with Crippen molar-refractivity contribution in [2.75, 3.05) is 19.3 Å². The number of aryl methyl sites for hydroxylation is 1. The number of nitrogens with zero attached hydrogens (tertiary/aromatic N) is 1. The Morgan fingerprint density at radius 1 is 1.04 bits per heavy atom. The quantitative estimate of drug-likeness (QED) is 0.745. The Morgan fingerprint density at radius 3 is 2.43 bits per heavy atom. The van der Waals surface area contributed by atoms with Gasteiger partial charge in [-0.25, -0.2) is 0 Å². The predicted octanol–water partition coefficient (Wildman–Crippen LogP) is 4.12. The van der Waals surface area contributed by atoms with Crippen LogP contribution in [0.4, 0.5) is 5.69 Å².